The van der Waals surface area contributed by atoms with Gasteiger partial charge in [-0.15, -0.1) is 0 Å². The summed E-state index contributed by atoms with van der Waals surface area (Å²) >= 11 is 0. The first-order valence-corrected chi connectivity index (χ1v) is 7.94. The maximum absolute atomic E-state index is 13.1. The SMILES string of the molecule is CN=C(NCCc1ccc(F)cc1C)NCCN(C)CCOC. The average molecular weight is 324 g/mol. The lowest BCUT2D eigenvalue weighted by atomic mass is 10.1. The van der Waals surface area contributed by atoms with E-state index in [4.69, 9.17) is 4.74 Å². The molecule has 0 heterocycles. The van der Waals surface area contributed by atoms with Crippen molar-refractivity contribution in [3.63, 3.8) is 0 Å². The van der Waals surface area contributed by atoms with Gasteiger partial charge in [0, 0.05) is 40.3 Å². The zero-order valence-corrected chi connectivity index (χ0v) is 14.7. The molecule has 0 spiro atoms. The normalized spacial score (nSPS) is 11.8. The fourth-order valence-corrected chi connectivity index (χ4v) is 2.20. The van der Waals surface area contributed by atoms with Gasteiger partial charge in [0.25, 0.3) is 0 Å². The van der Waals surface area contributed by atoms with E-state index in [1.165, 1.54) is 6.07 Å². The summed E-state index contributed by atoms with van der Waals surface area (Å²) in [5.74, 6) is 0.596. The second-order valence-corrected chi connectivity index (χ2v) is 5.54. The highest BCUT2D eigenvalue weighted by Crippen LogP contribution is 2.10. The summed E-state index contributed by atoms with van der Waals surface area (Å²) < 4.78 is 18.1. The number of methoxy groups -OCH3 is 1. The summed E-state index contributed by atoms with van der Waals surface area (Å²) in [6.07, 6.45) is 0.834. The Morgan fingerprint density at radius 1 is 1.26 bits per heavy atom. The first kappa shape index (κ1) is 19.4. The number of guanidine groups is 1. The lowest BCUT2D eigenvalue weighted by molar-refractivity contribution is 0.162. The van der Waals surface area contributed by atoms with Crippen molar-refractivity contribution in [2.24, 2.45) is 4.99 Å². The topological polar surface area (TPSA) is 48.9 Å². The molecule has 0 unspecified atom stereocenters. The number of hydrogen-bond acceptors (Lipinski definition) is 3. The van der Waals surface area contributed by atoms with E-state index in [1.54, 1.807) is 20.2 Å². The number of likely N-dealkylation sites (N-methyl/N-ethyl adjacent to an activating group) is 1. The van der Waals surface area contributed by atoms with Gasteiger partial charge in [-0.3, -0.25) is 4.99 Å². The molecule has 0 saturated heterocycles. The van der Waals surface area contributed by atoms with Crippen molar-refractivity contribution in [2.75, 3.05) is 54.0 Å². The van der Waals surface area contributed by atoms with Crippen LogP contribution in [0.2, 0.25) is 0 Å². The second-order valence-electron chi connectivity index (χ2n) is 5.54. The highest BCUT2D eigenvalue weighted by atomic mass is 19.1. The Kier molecular flexibility index (Phi) is 9.24. The van der Waals surface area contributed by atoms with Crippen LogP contribution in [-0.4, -0.2) is 64.9 Å². The standard InChI is InChI=1S/C17H29FN4O/c1-14-13-16(18)6-5-15(14)7-8-20-17(19-2)21-9-10-22(3)11-12-23-4/h5-6,13H,7-12H2,1-4H3,(H2,19,20,21). The zero-order valence-electron chi connectivity index (χ0n) is 14.7. The molecule has 0 saturated carbocycles. The van der Waals surface area contributed by atoms with E-state index in [2.05, 4.69) is 27.6 Å². The minimum atomic E-state index is -0.186. The Morgan fingerprint density at radius 3 is 2.65 bits per heavy atom. The molecule has 5 nitrogen and oxygen atoms in total. The van der Waals surface area contributed by atoms with E-state index in [0.29, 0.717) is 0 Å². The van der Waals surface area contributed by atoms with E-state index >= 15 is 0 Å². The summed E-state index contributed by atoms with van der Waals surface area (Å²) in [5.41, 5.74) is 2.13. The molecule has 1 aromatic carbocycles. The number of aryl methyl sites for hydroxylation is 1. The quantitative estimate of drug-likeness (QED) is 0.533. The predicted molar refractivity (Wildman–Crippen MR) is 93.6 cm³/mol. The van der Waals surface area contributed by atoms with Gasteiger partial charge in [0.1, 0.15) is 5.82 Å². The van der Waals surface area contributed by atoms with Crippen LogP contribution in [0.1, 0.15) is 11.1 Å². The van der Waals surface area contributed by atoms with Gasteiger partial charge in [-0.05, 0) is 43.7 Å². The largest absolute Gasteiger partial charge is 0.383 e. The first-order chi connectivity index (χ1) is 11.1. The summed E-state index contributed by atoms with van der Waals surface area (Å²) in [6.45, 7) is 6.07. The fourth-order valence-electron chi connectivity index (χ4n) is 2.20. The molecule has 0 fully saturated rings. The molecule has 1 rings (SSSR count). The zero-order chi connectivity index (χ0) is 17.1. The van der Waals surface area contributed by atoms with E-state index in [0.717, 1.165) is 56.3 Å². The summed E-state index contributed by atoms with van der Waals surface area (Å²) in [5, 5.41) is 6.56. The van der Waals surface area contributed by atoms with Crippen molar-refractivity contribution in [1.82, 2.24) is 15.5 Å². The van der Waals surface area contributed by atoms with E-state index in [-0.39, 0.29) is 5.82 Å². The molecule has 0 bridgehead atoms. The van der Waals surface area contributed by atoms with E-state index in [9.17, 15) is 4.39 Å². The fraction of sp³-hybridized carbons (Fsp3) is 0.588. The number of halogens is 1. The molecular weight excluding hydrogens is 295 g/mol. The molecule has 0 amide bonds. The lowest BCUT2D eigenvalue weighted by Crippen LogP contribution is -2.42. The first-order valence-electron chi connectivity index (χ1n) is 7.94. The number of nitrogens with zero attached hydrogens (tertiary/aromatic N) is 2. The third kappa shape index (κ3) is 7.95. The Bertz CT molecular complexity index is 493. The Balaban J connectivity index is 2.26. The number of rotatable bonds is 9. The molecule has 0 aromatic heterocycles. The predicted octanol–water partition coefficient (Wildman–Crippen LogP) is 1.42. The molecule has 1 aromatic rings. The smallest absolute Gasteiger partial charge is 0.191 e. The highest BCUT2D eigenvalue weighted by molar-refractivity contribution is 5.79. The number of aliphatic imine (C=N–C) groups is 1. The minimum Gasteiger partial charge on any atom is -0.383 e. The van der Waals surface area contributed by atoms with Crippen LogP contribution in [0, 0.1) is 12.7 Å². The van der Waals surface area contributed by atoms with E-state index in [1.807, 2.05) is 13.0 Å². The summed E-state index contributed by atoms with van der Waals surface area (Å²) in [6, 6.07) is 4.91. The van der Waals surface area contributed by atoms with Crippen LogP contribution >= 0.6 is 0 Å². The molecule has 6 heteroatoms. The number of nitrogens with one attached hydrogen (secondary N) is 2. The summed E-state index contributed by atoms with van der Waals surface area (Å²) in [4.78, 5) is 6.41. The molecule has 0 aliphatic carbocycles. The molecule has 2 N–H and O–H groups in total. The van der Waals surface area contributed by atoms with Crippen LogP contribution in [0.5, 0.6) is 0 Å². The van der Waals surface area contributed by atoms with Gasteiger partial charge >= 0.3 is 0 Å². The summed E-state index contributed by atoms with van der Waals surface area (Å²) in [7, 11) is 5.53. The van der Waals surface area contributed by atoms with Gasteiger partial charge in [-0.25, -0.2) is 4.39 Å². The molecule has 130 valence electrons. The molecule has 0 aliphatic rings. The Labute approximate surface area is 138 Å². The molecule has 0 atom stereocenters. The van der Waals surface area contributed by atoms with Crippen LogP contribution in [0.15, 0.2) is 23.2 Å². The van der Waals surface area contributed by atoms with Gasteiger partial charge in [-0.2, -0.15) is 0 Å². The average Bonchev–Trinajstić information content (AvgIpc) is 2.53. The van der Waals surface area contributed by atoms with Crippen molar-refractivity contribution in [1.29, 1.82) is 0 Å². The van der Waals surface area contributed by atoms with Crippen LogP contribution in [0.3, 0.4) is 0 Å². The van der Waals surface area contributed by atoms with Crippen molar-refractivity contribution >= 4 is 5.96 Å². The van der Waals surface area contributed by atoms with Crippen LogP contribution in [0.25, 0.3) is 0 Å². The van der Waals surface area contributed by atoms with Crippen LogP contribution < -0.4 is 10.6 Å². The number of ether oxygens (including phenoxy) is 1. The maximum Gasteiger partial charge on any atom is 0.191 e. The maximum atomic E-state index is 13.1. The van der Waals surface area contributed by atoms with Gasteiger partial charge < -0.3 is 20.3 Å². The van der Waals surface area contributed by atoms with Gasteiger partial charge in [0.05, 0.1) is 6.61 Å². The monoisotopic (exact) mass is 324 g/mol. The van der Waals surface area contributed by atoms with Crippen molar-refractivity contribution in [2.45, 2.75) is 13.3 Å². The second kappa shape index (κ2) is 11.0. The number of hydrogen-bond donors (Lipinski definition) is 2. The van der Waals surface area contributed by atoms with Crippen molar-refractivity contribution in [3.8, 4) is 0 Å². The van der Waals surface area contributed by atoms with Crippen molar-refractivity contribution < 1.29 is 9.13 Å². The van der Waals surface area contributed by atoms with Gasteiger partial charge in [0.15, 0.2) is 5.96 Å². The molecular formula is C17H29FN4O. The van der Waals surface area contributed by atoms with Gasteiger partial charge in [-0.1, -0.05) is 6.07 Å². The molecule has 0 aliphatic heterocycles. The molecule has 23 heavy (non-hydrogen) atoms. The minimum absolute atomic E-state index is 0.186. The third-order valence-corrected chi connectivity index (χ3v) is 3.68. The Morgan fingerprint density at radius 2 is 2.00 bits per heavy atom. The van der Waals surface area contributed by atoms with Crippen LogP contribution in [0.4, 0.5) is 4.39 Å². The molecule has 0 radical (unpaired) electrons. The third-order valence-electron chi connectivity index (χ3n) is 3.68. The highest BCUT2D eigenvalue weighted by Gasteiger charge is 2.02. The lowest BCUT2D eigenvalue weighted by Gasteiger charge is -2.18. The van der Waals surface area contributed by atoms with Crippen LogP contribution in [-0.2, 0) is 11.2 Å². The van der Waals surface area contributed by atoms with Crippen molar-refractivity contribution in [3.05, 3.63) is 35.1 Å². The number of benzene rings is 1. The van der Waals surface area contributed by atoms with E-state index < -0.39 is 0 Å². The van der Waals surface area contributed by atoms with Gasteiger partial charge in [0.2, 0.25) is 0 Å². The Hall–Kier alpha value is -1.66.